The Morgan fingerprint density at radius 2 is 0.531 bits per heavy atom. The zero-order valence-corrected chi connectivity index (χ0v) is 31.4. The molecule has 0 aromatic rings. The van der Waals surface area contributed by atoms with Crippen molar-refractivity contribution in [3.63, 3.8) is 0 Å². The van der Waals surface area contributed by atoms with Crippen molar-refractivity contribution >= 4 is 0 Å². The lowest BCUT2D eigenvalue weighted by molar-refractivity contribution is -0.0156. The van der Waals surface area contributed by atoms with E-state index in [0.717, 1.165) is 13.0 Å². The molecule has 49 heavy (non-hydrogen) atoms. The summed E-state index contributed by atoms with van der Waals surface area (Å²) in [6.07, 6.45) is 25.2. The summed E-state index contributed by atoms with van der Waals surface area (Å²) in [4.78, 5) is 0. The molecule has 0 saturated carbocycles. The van der Waals surface area contributed by atoms with E-state index in [1.165, 1.54) is 109 Å². The molecule has 0 rings (SSSR count). The SMILES string of the molecule is CCCCCCCCCCCCCCCCCCOCCOCCOCCO/C=C\OCCOCCOCCOCCOCCOCCO. The average Bonchev–Trinajstić information content (AvgIpc) is 3.11. The van der Waals surface area contributed by atoms with Crippen LogP contribution in [0.1, 0.15) is 110 Å². The first-order valence-corrected chi connectivity index (χ1v) is 19.5. The standard InChI is InChI=1S/C38H76O11/c1-2-3-4-5-6-7-8-9-10-11-12-13-14-15-16-17-19-40-21-23-42-25-27-44-29-31-46-33-35-48-37-38-49-36-34-47-32-30-45-28-26-43-24-22-41-20-18-39/h33,35,39H,2-32,34,36-38H2,1H3/b35-33-. The lowest BCUT2D eigenvalue weighted by Crippen LogP contribution is -2.14. The number of rotatable bonds is 45. The molecule has 0 radical (unpaired) electrons. The van der Waals surface area contributed by atoms with Crippen molar-refractivity contribution in [3.8, 4) is 0 Å². The van der Waals surface area contributed by atoms with Crippen LogP contribution in [0.25, 0.3) is 0 Å². The molecule has 11 heteroatoms. The van der Waals surface area contributed by atoms with Gasteiger partial charge in [-0.15, -0.1) is 0 Å². The van der Waals surface area contributed by atoms with Gasteiger partial charge in [0.25, 0.3) is 0 Å². The molecule has 0 heterocycles. The molecule has 11 nitrogen and oxygen atoms in total. The molecule has 0 aliphatic rings. The summed E-state index contributed by atoms with van der Waals surface area (Å²) >= 11 is 0. The van der Waals surface area contributed by atoms with Crippen molar-refractivity contribution < 1.29 is 52.5 Å². The largest absolute Gasteiger partial charge is 0.496 e. The van der Waals surface area contributed by atoms with Crippen LogP contribution in [0.3, 0.4) is 0 Å². The normalized spacial score (nSPS) is 11.6. The van der Waals surface area contributed by atoms with Gasteiger partial charge < -0.3 is 52.5 Å². The summed E-state index contributed by atoms with van der Waals surface area (Å²) in [5.41, 5.74) is 0. The first-order valence-electron chi connectivity index (χ1n) is 19.5. The number of hydrogen-bond donors (Lipinski definition) is 1. The Kier molecular flexibility index (Phi) is 46.0. The smallest absolute Gasteiger partial charge is 0.117 e. The molecule has 0 unspecified atom stereocenters. The summed E-state index contributed by atoms with van der Waals surface area (Å²) in [5.74, 6) is 0. The van der Waals surface area contributed by atoms with Crippen LogP contribution in [-0.2, 0) is 47.4 Å². The van der Waals surface area contributed by atoms with Gasteiger partial charge in [-0.05, 0) is 6.42 Å². The van der Waals surface area contributed by atoms with Gasteiger partial charge in [-0.25, -0.2) is 0 Å². The molecule has 0 spiro atoms. The van der Waals surface area contributed by atoms with E-state index in [0.29, 0.717) is 112 Å². The highest BCUT2D eigenvalue weighted by Gasteiger charge is 1.97. The third-order valence-electron chi connectivity index (χ3n) is 7.55. The van der Waals surface area contributed by atoms with Crippen LogP contribution in [0.5, 0.6) is 0 Å². The lowest BCUT2D eigenvalue weighted by Gasteiger charge is -2.08. The number of aliphatic hydroxyl groups excluding tert-OH is 1. The van der Waals surface area contributed by atoms with Gasteiger partial charge in [-0.3, -0.25) is 0 Å². The fourth-order valence-electron chi connectivity index (χ4n) is 4.77. The number of unbranched alkanes of at least 4 members (excludes halogenated alkanes) is 15. The van der Waals surface area contributed by atoms with E-state index in [1.807, 2.05) is 0 Å². The van der Waals surface area contributed by atoms with Gasteiger partial charge in [0, 0.05) is 6.61 Å². The van der Waals surface area contributed by atoms with Crippen LogP contribution >= 0.6 is 0 Å². The second-order valence-electron chi connectivity index (χ2n) is 11.9. The Morgan fingerprint density at radius 3 is 0.837 bits per heavy atom. The summed E-state index contributed by atoms with van der Waals surface area (Å²) < 4.78 is 54.1. The number of ether oxygens (including phenoxy) is 10. The average molecular weight is 709 g/mol. The molecule has 0 atom stereocenters. The zero-order valence-electron chi connectivity index (χ0n) is 31.4. The van der Waals surface area contributed by atoms with Crippen LogP contribution in [0, 0.1) is 0 Å². The van der Waals surface area contributed by atoms with E-state index in [-0.39, 0.29) is 6.61 Å². The molecular weight excluding hydrogens is 632 g/mol. The highest BCUT2D eigenvalue weighted by atomic mass is 16.6. The molecule has 1 N–H and O–H groups in total. The summed E-state index contributed by atoms with van der Waals surface area (Å²) in [7, 11) is 0. The van der Waals surface area contributed by atoms with Crippen LogP contribution in [0.15, 0.2) is 12.5 Å². The summed E-state index contributed by atoms with van der Waals surface area (Å²) in [6.45, 7) is 11.6. The first kappa shape index (κ1) is 48.0. The highest BCUT2D eigenvalue weighted by molar-refractivity contribution is 4.60. The Morgan fingerprint density at radius 1 is 0.286 bits per heavy atom. The molecular formula is C38H76O11. The van der Waals surface area contributed by atoms with E-state index >= 15 is 0 Å². The Hall–Kier alpha value is -1.02. The van der Waals surface area contributed by atoms with Gasteiger partial charge in [0.15, 0.2) is 0 Å². The molecule has 0 amide bonds. The quantitative estimate of drug-likeness (QED) is 0.0528. The maximum Gasteiger partial charge on any atom is 0.117 e. The van der Waals surface area contributed by atoms with E-state index in [2.05, 4.69) is 6.92 Å². The summed E-state index contributed by atoms with van der Waals surface area (Å²) in [6, 6.07) is 0. The second-order valence-corrected chi connectivity index (χ2v) is 11.9. The molecule has 0 bridgehead atoms. The fourth-order valence-corrected chi connectivity index (χ4v) is 4.77. The van der Waals surface area contributed by atoms with Gasteiger partial charge >= 0.3 is 0 Å². The Balaban J connectivity index is 3.09. The predicted octanol–water partition coefficient (Wildman–Crippen LogP) is 6.88. The topological polar surface area (TPSA) is 113 Å². The minimum absolute atomic E-state index is 0.0278. The zero-order chi connectivity index (χ0) is 35.2. The number of hydrogen-bond acceptors (Lipinski definition) is 11. The van der Waals surface area contributed by atoms with Crippen LogP contribution in [0.4, 0.5) is 0 Å². The first-order chi connectivity index (χ1) is 24.4. The van der Waals surface area contributed by atoms with Gasteiger partial charge in [0.2, 0.25) is 0 Å². The lowest BCUT2D eigenvalue weighted by atomic mass is 10.0. The molecule has 0 fully saturated rings. The van der Waals surface area contributed by atoms with Crippen molar-refractivity contribution in [3.05, 3.63) is 12.5 Å². The van der Waals surface area contributed by atoms with Crippen molar-refractivity contribution in [1.29, 1.82) is 0 Å². The maximum absolute atomic E-state index is 8.59. The van der Waals surface area contributed by atoms with Crippen molar-refractivity contribution in [2.24, 2.45) is 0 Å². The third kappa shape index (κ3) is 47.0. The van der Waals surface area contributed by atoms with E-state index in [4.69, 9.17) is 52.5 Å². The van der Waals surface area contributed by atoms with E-state index < -0.39 is 0 Å². The molecule has 0 aromatic carbocycles. The maximum atomic E-state index is 8.59. The van der Waals surface area contributed by atoms with Crippen molar-refractivity contribution in [2.45, 2.75) is 110 Å². The van der Waals surface area contributed by atoms with Crippen LogP contribution in [0.2, 0.25) is 0 Å². The fraction of sp³-hybridized carbons (Fsp3) is 0.947. The van der Waals surface area contributed by atoms with Crippen LogP contribution < -0.4 is 0 Å². The minimum Gasteiger partial charge on any atom is -0.496 e. The van der Waals surface area contributed by atoms with Crippen LogP contribution in [-0.4, -0.2) is 131 Å². The predicted molar refractivity (Wildman–Crippen MR) is 194 cm³/mol. The second kappa shape index (κ2) is 47.0. The highest BCUT2D eigenvalue weighted by Crippen LogP contribution is 2.13. The molecule has 0 aromatic heterocycles. The van der Waals surface area contributed by atoms with Crippen molar-refractivity contribution in [1.82, 2.24) is 0 Å². The van der Waals surface area contributed by atoms with Gasteiger partial charge in [-0.2, -0.15) is 0 Å². The van der Waals surface area contributed by atoms with Gasteiger partial charge in [0.05, 0.1) is 106 Å². The monoisotopic (exact) mass is 709 g/mol. The minimum atomic E-state index is 0.0278. The third-order valence-corrected chi connectivity index (χ3v) is 7.55. The molecule has 0 aliphatic carbocycles. The van der Waals surface area contributed by atoms with E-state index in [1.54, 1.807) is 0 Å². The molecule has 294 valence electrons. The van der Waals surface area contributed by atoms with Gasteiger partial charge in [-0.1, -0.05) is 103 Å². The number of aliphatic hydroxyl groups is 1. The van der Waals surface area contributed by atoms with Gasteiger partial charge in [0.1, 0.15) is 25.7 Å². The van der Waals surface area contributed by atoms with E-state index in [9.17, 15) is 0 Å². The Labute approximate surface area is 299 Å². The Bertz CT molecular complexity index is 598. The molecule has 0 saturated heterocycles. The summed E-state index contributed by atoms with van der Waals surface area (Å²) in [5, 5.41) is 8.59. The molecule has 0 aliphatic heterocycles. The van der Waals surface area contributed by atoms with Crippen molar-refractivity contribution in [2.75, 3.05) is 126 Å².